The number of likely N-dealkylation sites (tertiary alicyclic amines) is 2. The van der Waals surface area contributed by atoms with Crippen molar-refractivity contribution in [2.45, 2.75) is 50.2 Å². The molecule has 34 heavy (non-hydrogen) atoms. The maximum atomic E-state index is 13.9. The molecule has 5 rings (SSSR count). The van der Waals surface area contributed by atoms with Gasteiger partial charge in [0.1, 0.15) is 0 Å². The van der Waals surface area contributed by atoms with Crippen LogP contribution < -0.4 is 5.73 Å². The monoisotopic (exact) mass is 453 g/mol. The number of hydrogen-bond donors (Lipinski definition) is 1. The molecule has 0 spiro atoms. The Bertz CT molecular complexity index is 1100. The topological polar surface area (TPSA) is 49.6 Å². The molecule has 0 bridgehead atoms. The zero-order chi connectivity index (χ0) is 23.5. The van der Waals surface area contributed by atoms with Crippen LogP contribution in [0.2, 0.25) is 0 Å². The van der Waals surface area contributed by atoms with Crippen molar-refractivity contribution < 1.29 is 4.79 Å². The fourth-order valence-electron chi connectivity index (χ4n) is 5.77. The van der Waals surface area contributed by atoms with E-state index in [1.807, 2.05) is 37.3 Å². The summed E-state index contributed by atoms with van der Waals surface area (Å²) in [6.45, 7) is 5.06. The Morgan fingerprint density at radius 3 is 2.32 bits per heavy atom. The lowest BCUT2D eigenvalue weighted by atomic mass is 9.99. The third-order valence-corrected chi connectivity index (χ3v) is 7.59. The normalized spacial score (nSPS) is 23.8. The van der Waals surface area contributed by atoms with E-state index < -0.39 is 0 Å². The fourth-order valence-corrected chi connectivity index (χ4v) is 5.77. The van der Waals surface area contributed by atoms with Crippen LogP contribution >= 0.6 is 0 Å². The summed E-state index contributed by atoms with van der Waals surface area (Å²) in [6.07, 6.45) is 3.22. The molecule has 176 valence electrons. The van der Waals surface area contributed by atoms with E-state index in [4.69, 9.17) is 5.73 Å². The number of nitrogens with zero attached hydrogens (tertiary/aromatic N) is 2. The van der Waals surface area contributed by atoms with E-state index in [1.165, 1.54) is 17.5 Å². The standard InChI is InChI=1S/C30H35N3O/c1-22(31)25-13-8-14-26(19-25)30(34)33-28(15-16-29(33)24-11-6-3-7-12-24)21-32-18-17-27(20-32)23-9-4-2-5-10-23/h2-14,19,22,27-29H,15-18,20-21,31H2,1H3/t22?,27?,28-,29+/m1/s1. The number of benzene rings is 3. The molecule has 0 aliphatic carbocycles. The van der Waals surface area contributed by atoms with Crippen LogP contribution in [0.25, 0.3) is 0 Å². The van der Waals surface area contributed by atoms with Crippen molar-refractivity contribution in [2.24, 2.45) is 5.73 Å². The molecule has 2 fully saturated rings. The van der Waals surface area contributed by atoms with Gasteiger partial charge in [0.15, 0.2) is 0 Å². The first-order valence-electron chi connectivity index (χ1n) is 12.6. The Balaban J connectivity index is 1.38. The molecular weight excluding hydrogens is 418 g/mol. The largest absolute Gasteiger partial charge is 0.327 e. The van der Waals surface area contributed by atoms with E-state index in [1.54, 1.807) is 0 Å². The average Bonchev–Trinajstić information content (AvgIpc) is 3.52. The van der Waals surface area contributed by atoms with E-state index >= 15 is 0 Å². The van der Waals surface area contributed by atoms with Crippen molar-refractivity contribution in [1.29, 1.82) is 0 Å². The van der Waals surface area contributed by atoms with Gasteiger partial charge in [-0.2, -0.15) is 0 Å². The molecule has 3 aromatic rings. The zero-order valence-electron chi connectivity index (χ0n) is 20.0. The lowest BCUT2D eigenvalue weighted by Gasteiger charge is -2.33. The highest BCUT2D eigenvalue weighted by Crippen LogP contribution is 2.39. The molecule has 2 heterocycles. The Hall–Kier alpha value is -2.95. The average molecular weight is 454 g/mol. The van der Waals surface area contributed by atoms with Crippen LogP contribution in [0.1, 0.15) is 71.2 Å². The van der Waals surface area contributed by atoms with Crippen molar-refractivity contribution in [3.63, 3.8) is 0 Å². The van der Waals surface area contributed by atoms with Gasteiger partial charge in [0.2, 0.25) is 0 Å². The van der Waals surface area contributed by atoms with Gasteiger partial charge in [-0.25, -0.2) is 0 Å². The van der Waals surface area contributed by atoms with Crippen LogP contribution in [0.3, 0.4) is 0 Å². The van der Waals surface area contributed by atoms with Gasteiger partial charge in [-0.1, -0.05) is 72.8 Å². The van der Waals surface area contributed by atoms with Crippen LogP contribution in [0.5, 0.6) is 0 Å². The molecule has 4 atom stereocenters. The van der Waals surface area contributed by atoms with Gasteiger partial charge >= 0.3 is 0 Å². The minimum Gasteiger partial charge on any atom is -0.327 e. The predicted molar refractivity (Wildman–Crippen MR) is 138 cm³/mol. The summed E-state index contributed by atoms with van der Waals surface area (Å²) in [4.78, 5) is 18.7. The Morgan fingerprint density at radius 2 is 1.62 bits per heavy atom. The molecule has 1 amide bonds. The highest BCUT2D eigenvalue weighted by molar-refractivity contribution is 5.95. The van der Waals surface area contributed by atoms with Gasteiger partial charge in [-0.15, -0.1) is 0 Å². The number of nitrogens with two attached hydrogens (primary N) is 1. The number of amides is 1. The Labute approximate surface area is 203 Å². The quantitative estimate of drug-likeness (QED) is 0.533. The summed E-state index contributed by atoms with van der Waals surface area (Å²) in [7, 11) is 0. The van der Waals surface area contributed by atoms with Crippen LogP contribution in [0.4, 0.5) is 0 Å². The molecule has 0 radical (unpaired) electrons. The summed E-state index contributed by atoms with van der Waals surface area (Å²) in [5.41, 5.74) is 10.5. The summed E-state index contributed by atoms with van der Waals surface area (Å²) in [6, 6.07) is 29.5. The molecular formula is C30H35N3O. The summed E-state index contributed by atoms with van der Waals surface area (Å²) < 4.78 is 0. The first-order valence-corrected chi connectivity index (χ1v) is 12.6. The molecule has 2 aliphatic heterocycles. The van der Waals surface area contributed by atoms with E-state index in [0.717, 1.165) is 43.6 Å². The van der Waals surface area contributed by atoms with Gasteiger partial charge in [0.25, 0.3) is 5.91 Å². The first-order chi connectivity index (χ1) is 16.6. The molecule has 0 aromatic heterocycles. The van der Waals surface area contributed by atoms with E-state index in [0.29, 0.717) is 5.92 Å². The molecule has 3 aromatic carbocycles. The van der Waals surface area contributed by atoms with E-state index in [9.17, 15) is 4.79 Å². The summed E-state index contributed by atoms with van der Waals surface area (Å²) in [5.74, 6) is 0.706. The molecule has 0 saturated carbocycles. The first kappa shape index (κ1) is 22.8. The number of rotatable bonds is 6. The Kier molecular flexibility index (Phi) is 6.80. The minimum atomic E-state index is -0.0911. The van der Waals surface area contributed by atoms with Gasteiger partial charge < -0.3 is 15.5 Å². The summed E-state index contributed by atoms with van der Waals surface area (Å²) >= 11 is 0. The minimum absolute atomic E-state index is 0.0911. The molecule has 2 saturated heterocycles. The maximum absolute atomic E-state index is 13.9. The van der Waals surface area contributed by atoms with Gasteiger partial charge in [0.05, 0.1) is 6.04 Å². The third kappa shape index (κ3) is 4.79. The second-order valence-corrected chi connectivity index (χ2v) is 9.94. The second kappa shape index (κ2) is 10.1. The highest BCUT2D eigenvalue weighted by Gasteiger charge is 2.39. The van der Waals surface area contributed by atoms with Crippen LogP contribution in [-0.2, 0) is 0 Å². The lowest BCUT2D eigenvalue weighted by Crippen LogP contribution is -2.43. The summed E-state index contributed by atoms with van der Waals surface area (Å²) in [5, 5.41) is 0. The van der Waals surface area contributed by atoms with Crippen LogP contribution in [-0.4, -0.2) is 41.4 Å². The Morgan fingerprint density at radius 1 is 0.912 bits per heavy atom. The molecule has 2 unspecified atom stereocenters. The third-order valence-electron chi connectivity index (χ3n) is 7.59. The van der Waals surface area contributed by atoms with Crippen molar-refractivity contribution in [3.8, 4) is 0 Å². The molecule has 2 aliphatic rings. The molecule has 2 N–H and O–H groups in total. The van der Waals surface area contributed by atoms with Gasteiger partial charge in [0, 0.05) is 30.7 Å². The van der Waals surface area contributed by atoms with E-state index in [-0.39, 0.29) is 24.0 Å². The SMILES string of the molecule is CC(N)c1cccc(C(=O)N2[C@@H](CN3CCC(c4ccccc4)C3)CC[C@H]2c2ccccc2)c1. The lowest BCUT2D eigenvalue weighted by molar-refractivity contribution is 0.0631. The molecule has 4 nitrogen and oxygen atoms in total. The fraction of sp³-hybridized carbons (Fsp3) is 0.367. The van der Waals surface area contributed by atoms with Gasteiger partial charge in [-0.3, -0.25) is 4.79 Å². The maximum Gasteiger partial charge on any atom is 0.254 e. The van der Waals surface area contributed by atoms with Crippen LogP contribution in [0, 0.1) is 0 Å². The van der Waals surface area contributed by atoms with Crippen LogP contribution in [0.15, 0.2) is 84.9 Å². The highest BCUT2D eigenvalue weighted by atomic mass is 16.2. The number of hydrogen-bond acceptors (Lipinski definition) is 3. The van der Waals surface area contributed by atoms with Gasteiger partial charge in [-0.05, 0) is 67.5 Å². The van der Waals surface area contributed by atoms with Crippen molar-refractivity contribution >= 4 is 5.91 Å². The van der Waals surface area contributed by atoms with Crippen molar-refractivity contribution in [3.05, 3.63) is 107 Å². The smallest absolute Gasteiger partial charge is 0.254 e. The number of carbonyl (C=O) groups excluding carboxylic acids is 1. The van der Waals surface area contributed by atoms with E-state index in [2.05, 4.69) is 64.4 Å². The van der Waals surface area contributed by atoms with Crippen molar-refractivity contribution in [2.75, 3.05) is 19.6 Å². The second-order valence-electron chi connectivity index (χ2n) is 9.94. The number of carbonyl (C=O) groups is 1. The van der Waals surface area contributed by atoms with Crippen molar-refractivity contribution in [1.82, 2.24) is 9.80 Å². The molecule has 4 heteroatoms. The predicted octanol–water partition coefficient (Wildman–Crippen LogP) is 5.54. The zero-order valence-corrected chi connectivity index (χ0v) is 20.0.